The number of carbonyl (C=O) groups is 2. The van der Waals surface area contributed by atoms with Gasteiger partial charge in [0, 0.05) is 12.8 Å². The van der Waals surface area contributed by atoms with Gasteiger partial charge >= 0.3 is 5.97 Å². The maximum Gasteiger partial charge on any atom is 0.305 e. The third kappa shape index (κ3) is 77.1. The van der Waals surface area contributed by atoms with Gasteiger partial charge in [-0.2, -0.15) is 0 Å². The maximum atomic E-state index is 12.6. The Balaban J connectivity index is 3.37. The van der Waals surface area contributed by atoms with Gasteiger partial charge in [-0.25, -0.2) is 0 Å². The Morgan fingerprint density at radius 3 is 0.837 bits per heavy atom. The number of carbonyl (C=O) groups excluding carboxylic acids is 2. The topological polar surface area (TPSA) is 95.9 Å². The van der Waals surface area contributed by atoms with Crippen LogP contribution in [0.4, 0.5) is 0 Å². The summed E-state index contributed by atoms with van der Waals surface area (Å²) in [6.45, 7) is 5.00. The van der Waals surface area contributed by atoms with Gasteiger partial charge in [0.15, 0.2) is 0 Å². The molecule has 0 saturated carbocycles. The Hall–Kier alpha value is -1.92. The van der Waals surface area contributed by atoms with Gasteiger partial charge in [0.2, 0.25) is 5.91 Å². The fourth-order valence-corrected chi connectivity index (χ4v) is 13.5. The van der Waals surface area contributed by atoms with Crippen molar-refractivity contribution < 1.29 is 24.5 Å². The van der Waals surface area contributed by atoms with E-state index < -0.39 is 12.1 Å². The molecule has 2 atom stereocenters. The number of esters is 1. The summed E-state index contributed by atoms with van der Waals surface area (Å²) in [5.41, 5.74) is 0. The zero-order valence-corrected chi connectivity index (χ0v) is 62.6. The molecular formula is C86H165NO5. The van der Waals surface area contributed by atoms with E-state index in [1.165, 1.54) is 392 Å². The molecule has 1 amide bonds. The van der Waals surface area contributed by atoms with Crippen molar-refractivity contribution in [3.63, 3.8) is 0 Å². The van der Waals surface area contributed by atoms with Crippen molar-refractivity contribution in [3.8, 4) is 0 Å². The quantitative estimate of drug-likeness (QED) is 0.0320. The summed E-state index contributed by atoms with van der Waals surface area (Å²) in [7, 11) is 0. The summed E-state index contributed by atoms with van der Waals surface area (Å²) in [6.07, 6.45) is 107. The van der Waals surface area contributed by atoms with Crippen LogP contribution in [0.15, 0.2) is 36.5 Å². The Labute approximate surface area is 576 Å². The summed E-state index contributed by atoms with van der Waals surface area (Å²) in [4.78, 5) is 24.7. The largest absolute Gasteiger partial charge is 0.466 e. The lowest BCUT2D eigenvalue weighted by molar-refractivity contribution is -0.143. The van der Waals surface area contributed by atoms with Gasteiger partial charge in [-0.05, 0) is 83.5 Å². The van der Waals surface area contributed by atoms with E-state index in [1.807, 2.05) is 0 Å². The smallest absolute Gasteiger partial charge is 0.305 e. The van der Waals surface area contributed by atoms with E-state index in [4.69, 9.17) is 4.74 Å². The molecule has 0 radical (unpaired) electrons. The maximum absolute atomic E-state index is 12.6. The molecule has 6 heteroatoms. The van der Waals surface area contributed by atoms with Crippen molar-refractivity contribution in [2.75, 3.05) is 13.2 Å². The first-order valence-corrected chi connectivity index (χ1v) is 42.2. The van der Waals surface area contributed by atoms with Crippen LogP contribution in [0.3, 0.4) is 0 Å². The first kappa shape index (κ1) is 90.1. The monoisotopic (exact) mass is 1290 g/mol. The van der Waals surface area contributed by atoms with Gasteiger partial charge in [0.1, 0.15) is 0 Å². The average molecular weight is 1290 g/mol. The summed E-state index contributed by atoms with van der Waals surface area (Å²) in [5.74, 6) is -0.0170. The molecule has 0 aliphatic heterocycles. The second-order valence-corrected chi connectivity index (χ2v) is 29.2. The van der Waals surface area contributed by atoms with Crippen molar-refractivity contribution in [2.24, 2.45) is 0 Å². The minimum atomic E-state index is -0.665. The zero-order valence-electron chi connectivity index (χ0n) is 62.6. The Kier molecular flexibility index (Phi) is 79.8. The van der Waals surface area contributed by atoms with Crippen molar-refractivity contribution >= 4 is 11.9 Å². The molecule has 2 unspecified atom stereocenters. The van der Waals surface area contributed by atoms with Crippen molar-refractivity contribution in [1.82, 2.24) is 5.32 Å². The van der Waals surface area contributed by atoms with Gasteiger partial charge in [0.25, 0.3) is 0 Å². The highest BCUT2D eigenvalue weighted by Gasteiger charge is 2.20. The number of rotatable bonds is 80. The third-order valence-corrected chi connectivity index (χ3v) is 19.9. The van der Waals surface area contributed by atoms with Gasteiger partial charge in [0.05, 0.1) is 25.4 Å². The highest BCUT2D eigenvalue weighted by Crippen LogP contribution is 2.20. The van der Waals surface area contributed by atoms with Gasteiger partial charge in [-0.3, -0.25) is 9.59 Å². The molecule has 0 rings (SSSR count). The molecular weight excluding hydrogens is 1130 g/mol. The molecule has 0 saturated heterocycles. The van der Waals surface area contributed by atoms with E-state index in [1.54, 1.807) is 0 Å². The van der Waals surface area contributed by atoms with Crippen molar-refractivity contribution in [2.45, 2.75) is 488 Å². The molecule has 92 heavy (non-hydrogen) atoms. The molecule has 0 aromatic heterocycles. The molecule has 0 aromatic carbocycles. The van der Waals surface area contributed by atoms with Crippen LogP contribution < -0.4 is 5.32 Å². The number of aliphatic hydroxyl groups excluding tert-OH is 2. The van der Waals surface area contributed by atoms with Crippen LogP contribution in [0.2, 0.25) is 0 Å². The molecule has 0 heterocycles. The van der Waals surface area contributed by atoms with E-state index in [-0.39, 0.29) is 18.5 Å². The summed E-state index contributed by atoms with van der Waals surface area (Å²) in [6, 6.07) is -0.542. The molecule has 0 aliphatic rings. The minimum absolute atomic E-state index is 0.00973. The summed E-state index contributed by atoms with van der Waals surface area (Å²) in [5, 5.41) is 23.5. The predicted molar refractivity (Wildman–Crippen MR) is 407 cm³/mol. The molecule has 0 aliphatic carbocycles. The number of hydrogen-bond donors (Lipinski definition) is 3. The SMILES string of the molecule is CCCCCCCC/C=C\CCCCCCCC(=O)OCCCCCCCCCCCCC/C=C\C/C=C\CCCCCCCCCCCCCCCCCCCC(=O)NC(CO)C(O)CCCCCCCCCCCCCCCCCCCCCCCCCCC. The Morgan fingerprint density at radius 2 is 0.543 bits per heavy atom. The van der Waals surface area contributed by atoms with E-state index in [0.717, 1.165) is 51.4 Å². The lowest BCUT2D eigenvalue weighted by Gasteiger charge is -2.22. The van der Waals surface area contributed by atoms with Crippen LogP contribution in [-0.4, -0.2) is 47.4 Å². The van der Waals surface area contributed by atoms with Crippen molar-refractivity contribution in [3.05, 3.63) is 36.5 Å². The van der Waals surface area contributed by atoms with E-state index in [2.05, 4.69) is 55.6 Å². The van der Waals surface area contributed by atoms with Gasteiger partial charge < -0.3 is 20.3 Å². The lowest BCUT2D eigenvalue weighted by atomic mass is 10.0. The van der Waals surface area contributed by atoms with Crippen LogP contribution in [0.5, 0.6) is 0 Å². The molecule has 0 spiro atoms. The van der Waals surface area contributed by atoms with Gasteiger partial charge in [-0.1, -0.05) is 416 Å². The fraction of sp³-hybridized carbons (Fsp3) is 0.907. The van der Waals surface area contributed by atoms with Crippen LogP contribution in [0.25, 0.3) is 0 Å². The highest BCUT2D eigenvalue weighted by molar-refractivity contribution is 5.76. The fourth-order valence-electron chi connectivity index (χ4n) is 13.5. The number of hydrogen-bond acceptors (Lipinski definition) is 5. The summed E-state index contributed by atoms with van der Waals surface area (Å²) >= 11 is 0. The van der Waals surface area contributed by atoms with E-state index >= 15 is 0 Å². The standard InChI is InChI=1S/C86H165NO5/c1-3-5-7-9-11-13-15-17-19-20-21-22-23-35-38-41-44-47-51-54-58-62-66-70-74-78-84(89)83(82-88)87-85(90)79-75-71-67-63-59-55-52-48-45-42-39-36-33-31-29-27-25-24-26-28-30-32-34-37-40-43-46-49-53-57-61-65-69-73-77-81-92-86(91)80-76-72-68-64-60-56-50-18-16-14-12-10-8-6-4-2/h18,26,28,32,34,50,83-84,88-89H,3-17,19-25,27,29-31,33,35-49,51-82H2,1-2H3,(H,87,90)/b28-26-,34-32-,50-18-. The Bertz CT molecular complexity index is 1490. The van der Waals surface area contributed by atoms with Gasteiger partial charge in [-0.15, -0.1) is 0 Å². The number of amides is 1. The molecule has 6 nitrogen and oxygen atoms in total. The normalized spacial score (nSPS) is 12.6. The molecule has 3 N–H and O–H groups in total. The lowest BCUT2D eigenvalue weighted by Crippen LogP contribution is -2.45. The zero-order chi connectivity index (χ0) is 66.3. The minimum Gasteiger partial charge on any atom is -0.466 e. The second kappa shape index (κ2) is 81.5. The van der Waals surface area contributed by atoms with E-state index in [9.17, 15) is 19.8 Å². The van der Waals surface area contributed by atoms with Crippen molar-refractivity contribution in [1.29, 1.82) is 0 Å². The average Bonchev–Trinajstić information content (AvgIpc) is 3.57. The third-order valence-electron chi connectivity index (χ3n) is 19.9. The number of allylic oxidation sites excluding steroid dienone is 6. The van der Waals surface area contributed by atoms with Crippen LogP contribution in [0, 0.1) is 0 Å². The van der Waals surface area contributed by atoms with Crippen LogP contribution >= 0.6 is 0 Å². The molecule has 544 valence electrons. The number of nitrogens with one attached hydrogen (secondary N) is 1. The molecule has 0 fully saturated rings. The van der Waals surface area contributed by atoms with E-state index in [0.29, 0.717) is 25.9 Å². The predicted octanol–water partition coefficient (Wildman–Crippen LogP) is 28.2. The van der Waals surface area contributed by atoms with Crippen LogP contribution in [0.1, 0.15) is 476 Å². The second-order valence-electron chi connectivity index (χ2n) is 29.2. The molecule has 0 bridgehead atoms. The summed E-state index contributed by atoms with van der Waals surface area (Å²) < 4.78 is 5.50. The number of aliphatic hydroxyl groups is 2. The number of ether oxygens (including phenoxy) is 1. The Morgan fingerprint density at radius 1 is 0.304 bits per heavy atom. The first-order valence-electron chi connectivity index (χ1n) is 42.2. The number of unbranched alkanes of at least 4 members (excludes halogenated alkanes) is 63. The first-order chi connectivity index (χ1) is 45.5. The van der Waals surface area contributed by atoms with Crippen LogP contribution in [-0.2, 0) is 14.3 Å². The highest BCUT2D eigenvalue weighted by atomic mass is 16.5. The molecule has 0 aromatic rings.